The van der Waals surface area contributed by atoms with Crippen LogP contribution in [0.5, 0.6) is 11.5 Å². The van der Waals surface area contributed by atoms with Gasteiger partial charge in [0.05, 0.1) is 31.2 Å². The van der Waals surface area contributed by atoms with Crippen LogP contribution in [0.1, 0.15) is 59.4 Å². The van der Waals surface area contributed by atoms with E-state index in [9.17, 15) is 4.79 Å². The molecule has 3 aliphatic rings. The highest BCUT2D eigenvalue weighted by atomic mass is 16.5. The number of rotatable bonds is 7. The Morgan fingerprint density at radius 3 is 2.46 bits per heavy atom. The lowest BCUT2D eigenvalue weighted by atomic mass is 9.97. The van der Waals surface area contributed by atoms with E-state index in [0.717, 1.165) is 85.0 Å². The van der Waals surface area contributed by atoms with Gasteiger partial charge in [-0.15, -0.1) is 0 Å². The summed E-state index contributed by atoms with van der Waals surface area (Å²) in [7, 11) is 5.25. The summed E-state index contributed by atoms with van der Waals surface area (Å²) in [5.41, 5.74) is 8.87. The quantitative estimate of drug-likeness (QED) is 0.468. The molecule has 218 valence electrons. The van der Waals surface area contributed by atoms with Crippen molar-refractivity contribution in [1.29, 1.82) is 0 Å². The maximum absolute atomic E-state index is 12.4. The second-order valence-electron chi connectivity index (χ2n) is 12.2. The minimum absolute atomic E-state index is 0.0314. The van der Waals surface area contributed by atoms with Crippen LogP contribution in [-0.2, 0) is 26.6 Å². The van der Waals surface area contributed by atoms with Crippen molar-refractivity contribution in [3.8, 4) is 22.6 Å². The second kappa shape index (κ2) is 10.9. The van der Waals surface area contributed by atoms with E-state index in [-0.39, 0.29) is 11.1 Å². The zero-order chi connectivity index (χ0) is 28.9. The summed E-state index contributed by atoms with van der Waals surface area (Å²) in [6, 6.07) is 9.04. The summed E-state index contributed by atoms with van der Waals surface area (Å²) in [5.74, 6) is 1.64. The molecule has 8 heteroatoms. The molecule has 6 rings (SSSR count). The van der Waals surface area contributed by atoms with Crippen molar-refractivity contribution in [2.45, 2.75) is 64.7 Å². The van der Waals surface area contributed by atoms with Crippen molar-refractivity contribution in [1.82, 2.24) is 24.7 Å². The first-order valence-corrected chi connectivity index (χ1v) is 14.8. The largest absolute Gasteiger partial charge is 0.496 e. The average molecular weight is 558 g/mol. The molecule has 0 amide bonds. The first-order valence-electron chi connectivity index (χ1n) is 14.8. The molecule has 2 aliphatic heterocycles. The van der Waals surface area contributed by atoms with Crippen LogP contribution < -0.4 is 20.3 Å². The molecule has 1 atom stereocenters. The maximum Gasteiger partial charge on any atom is 0.253 e. The summed E-state index contributed by atoms with van der Waals surface area (Å²) >= 11 is 0. The first kappa shape index (κ1) is 27.9. The number of hydrogen-bond donors (Lipinski definition) is 1. The molecule has 1 unspecified atom stereocenters. The van der Waals surface area contributed by atoms with Gasteiger partial charge in [0.15, 0.2) is 0 Å². The third-order valence-corrected chi connectivity index (χ3v) is 9.61. The Kier molecular flexibility index (Phi) is 7.42. The van der Waals surface area contributed by atoms with Crippen LogP contribution in [0.3, 0.4) is 0 Å². The molecule has 4 heterocycles. The van der Waals surface area contributed by atoms with Gasteiger partial charge in [-0.05, 0) is 81.5 Å². The highest BCUT2D eigenvalue weighted by molar-refractivity contribution is 5.72. The van der Waals surface area contributed by atoms with E-state index in [1.807, 2.05) is 20.0 Å². The monoisotopic (exact) mass is 557 g/mol. The topological polar surface area (TPSA) is 71.9 Å². The van der Waals surface area contributed by atoms with Gasteiger partial charge < -0.3 is 19.4 Å². The van der Waals surface area contributed by atoms with Crippen molar-refractivity contribution in [3.63, 3.8) is 0 Å². The number of fused-ring (bicyclic) bond motifs is 1. The number of nitrogens with one attached hydrogen (secondary N) is 1. The number of benzene rings is 1. The number of aromatic nitrogens is 2. The molecule has 0 radical (unpaired) electrons. The standard InChI is InChI=1S/C33H43N5O3/c1-21-22(2)32(39)36(4)18-27(21)25-15-29(40-5)28(30(16-25)41-6)19-37-13-14-38(33(20-37)10-11-33)17-26-8-7-24-9-12-34-23(3)31(24)35-26/h7-8,15-16,18,23,34H,9-14,17,19-20H2,1-6H3. The highest BCUT2D eigenvalue weighted by Gasteiger charge is 2.51. The van der Waals surface area contributed by atoms with Gasteiger partial charge in [-0.2, -0.15) is 0 Å². The number of piperazine rings is 1. The van der Waals surface area contributed by atoms with Gasteiger partial charge in [0.2, 0.25) is 0 Å². The highest BCUT2D eigenvalue weighted by Crippen LogP contribution is 2.46. The van der Waals surface area contributed by atoms with Crippen molar-refractivity contribution < 1.29 is 9.47 Å². The Hall–Kier alpha value is -3.20. The summed E-state index contributed by atoms with van der Waals surface area (Å²) in [4.78, 5) is 22.8. The fraction of sp³-hybridized carbons (Fsp3) is 0.515. The molecule has 2 fully saturated rings. The zero-order valence-electron chi connectivity index (χ0n) is 25.3. The van der Waals surface area contributed by atoms with E-state index in [1.54, 1.807) is 25.8 Å². The molecule has 3 aromatic rings. The fourth-order valence-corrected chi connectivity index (χ4v) is 6.82. The van der Waals surface area contributed by atoms with Crippen LogP contribution in [0.2, 0.25) is 0 Å². The number of ether oxygens (including phenoxy) is 2. The molecular weight excluding hydrogens is 514 g/mol. The molecule has 1 aliphatic carbocycles. The molecule has 1 N–H and O–H groups in total. The Labute approximate surface area is 243 Å². The van der Waals surface area contributed by atoms with Crippen molar-refractivity contribution >= 4 is 0 Å². The van der Waals surface area contributed by atoms with Crippen molar-refractivity contribution in [2.24, 2.45) is 7.05 Å². The van der Waals surface area contributed by atoms with Crippen LogP contribution in [0.25, 0.3) is 11.1 Å². The fourth-order valence-electron chi connectivity index (χ4n) is 6.82. The number of aryl methyl sites for hydroxylation is 1. The predicted octanol–water partition coefficient (Wildman–Crippen LogP) is 4.14. The Morgan fingerprint density at radius 1 is 1.05 bits per heavy atom. The van der Waals surface area contributed by atoms with Gasteiger partial charge in [0, 0.05) is 68.7 Å². The van der Waals surface area contributed by atoms with Gasteiger partial charge in [-0.3, -0.25) is 19.6 Å². The SMILES string of the molecule is COc1cc(-c2cn(C)c(=O)c(C)c2C)cc(OC)c1CN1CCN(Cc2ccc3c(n2)C(C)NCC3)C2(CC2)C1. The van der Waals surface area contributed by atoms with Crippen LogP contribution in [0.4, 0.5) is 0 Å². The third kappa shape index (κ3) is 5.17. The van der Waals surface area contributed by atoms with E-state index in [4.69, 9.17) is 14.5 Å². The molecule has 1 saturated heterocycles. The smallest absolute Gasteiger partial charge is 0.253 e. The minimum atomic E-state index is 0.0314. The first-order chi connectivity index (χ1) is 19.7. The van der Waals surface area contributed by atoms with E-state index < -0.39 is 0 Å². The molecule has 8 nitrogen and oxygen atoms in total. The third-order valence-electron chi connectivity index (χ3n) is 9.61. The molecular formula is C33H43N5O3. The van der Waals surface area contributed by atoms with Crippen LogP contribution >= 0.6 is 0 Å². The lowest BCUT2D eigenvalue weighted by Crippen LogP contribution is -2.54. The summed E-state index contributed by atoms with van der Waals surface area (Å²) in [6.45, 7) is 11.9. The summed E-state index contributed by atoms with van der Waals surface area (Å²) in [6.07, 6.45) is 5.42. The van der Waals surface area contributed by atoms with E-state index >= 15 is 0 Å². The lowest BCUT2D eigenvalue weighted by Gasteiger charge is -2.42. The van der Waals surface area contributed by atoms with E-state index in [1.165, 1.54) is 29.8 Å². The number of nitrogens with zero attached hydrogens (tertiary/aromatic N) is 4. The summed E-state index contributed by atoms with van der Waals surface area (Å²) in [5, 5.41) is 3.55. The molecule has 41 heavy (non-hydrogen) atoms. The van der Waals surface area contributed by atoms with Crippen LogP contribution in [0.15, 0.2) is 35.3 Å². The Bertz CT molecular complexity index is 1500. The number of methoxy groups -OCH3 is 2. The van der Waals surface area contributed by atoms with E-state index in [0.29, 0.717) is 6.04 Å². The van der Waals surface area contributed by atoms with Crippen molar-refractivity contribution in [2.75, 3.05) is 40.4 Å². The van der Waals surface area contributed by atoms with Gasteiger partial charge >= 0.3 is 0 Å². The van der Waals surface area contributed by atoms with Gasteiger partial charge in [-0.1, -0.05) is 6.07 Å². The van der Waals surface area contributed by atoms with Crippen LogP contribution in [0, 0.1) is 13.8 Å². The molecule has 1 saturated carbocycles. The van der Waals surface area contributed by atoms with Crippen molar-refractivity contribution in [3.05, 3.63) is 74.5 Å². The van der Waals surface area contributed by atoms with Gasteiger partial charge in [0.1, 0.15) is 11.5 Å². The normalized spacial score (nSPS) is 20.2. The number of hydrogen-bond acceptors (Lipinski definition) is 7. The predicted molar refractivity (Wildman–Crippen MR) is 162 cm³/mol. The Morgan fingerprint density at radius 2 is 1.78 bits per heavy atom. The number of pyridine rings is 2. The van der Waals surface area contributed by atoms with E-state index in [2.05, 4.69) is 46.3 Å². The zero-order valence-corrected chi connectivity index (χ0v) is 25.3. The molecule has 1 spiro atoms. The average Bonchev–Trinajstić information content (AvgIpc) is 3.75. The van der Waals surface area contributed by atoms with Gasteiger partial charge in [-0.25, -0.2) is 0 Å². The minimum Gasteiger partial charge on any atom is -0.496 e. The van der Waals surface area contributed by atoms with Gasteiger partial charge in [0.25, 0.3) is 5.56 Å². The molecule has 2 aromatic heterocycles. The molecule has 0 bridgehead atoms. The summed E-state index contributed by atoms with van der Waals surface area (Å²) < 4.78 is 13.5. The lowest BCUT2D eigenvalue weighted by molar-refractivity contribution is 0.0473. The second-order valence-corrected chi connectivity index (χ2v) is 12.2. The Balaban J connectivity index is 1.21. The maximum atomic E-state index is 12.4. The molecule has 1 aromatic carbocycles. The van der Waals surface area contributed by atoms with Crippen LogP contribution in [-0.4, -0.2) is 65.3 Å².